The van der Waals surface area contributed by atoms with Gasteiger partial charge in [0.1, 0.15) is 10.8 Å². The highest BCUT2D eigenvalue weighted by Crippen LogP contribution is 2.32. The van der Waals surface area contributed by atoms with Crippen molar-refractivity contribution in [2.24, 2.45) is 11.5 Å². The van der Waals surface area contributed by atoms with E-state index in [-0.39, 0.29) is 36.5 Å². The molecule has 0 saturated carbocycles. The zero-order valence-electron chi connectivity index (χ0n) is 16.0. The van der Waals surface area contributed by atoms with Crippen molar-refractivity contribution in [1.29, 1.82) is 0 Å². The molecule has 3 rings (SSSR count). The molecule has 0 saturated heterocycles. The van der Waals surface area contributed by atoms with Crippen molar-refractivity contribution in [2.45, 2.75) is 32.2 Å². The number of hydrogen-bond acceptors (Lipinski definition) is 5. The van der Waals surface area contributed by atoms with Crippen LogP contribution in [-0.4, -0.2) is 23.5 Å². The molecule has 158 valence electrons. The Morgan fingerprint density at radius 3 is 2.66 bits per heavy atom. The zero-order chi connectivity index (χ0) is 19.4. The predicted molar refractivity (Wildman–Crippen MR) is 124 cm³/mol. The number of fused-ring (bicyclic) bond motifs is 1. The van der Waals surface area contributed by atoms with Crippen LogP contribution in [0.2, 0.25) is 0 Å². The Labute approximate surface area is 185 Å². The number of carbonyl (C=O) groups is 1. The van der Waals surface area contributed by atoms with Crippen LogP contribution in [0.4, 0.5) is 10.1 Å². The predicted octanol–water partition coefficient (Wildman–Crippen LogP) is 4.65. The monoisotopic (exact) mass is 458 g/mol. The lowest BCUT2D eigenvalue weighted by molar-refractivity contribution is -0.117. The van der Waals surface area contributed by atoms with E-state index in [2.05, 4.69) is 10.3 Å². The van der Waals surface area contributed by atoms with Gasteiger partial charge in [-0.3, -0.25) is 4.79 Å². The molecule has 1 atom stereocenters. The minimum atomic E-state index is -0.546. The summed E-state index contributed by atoms with van der Waals surface area (Å²) in [4.78, 5) is 16.8. The summed E-state index contributed by atoms with van der Waals surface area (Å²) in [5.41, 5.74) is 14.6. The van der Waals surface area contributed by atoms with E-state index in [9.17, 15) is 9.18 Å². The molecule has 5 N–H and O–H groups in total. The van der Waals surface area contributed by atoms with Gasteiger partial charge in [-0.05, 0) is 62.2 Å². The second kappa shape index (κ2) is 11.4. The first-order valence-corrected chi connectivity index (χ1v) is 9.73. The van der Waals surface area contributed by atoms with Gasteiger partial charge in [0.25, 0.3) is 0 Å². The van der Waals surface area contributed by atoms with E-state index < -0.39 is 6.04 Å². The number of rotatable bonds is 7. The fourth-order valence-electron chi connectivity index (χ4n) is 2.83. The summed E-state index contributed by atoms with van der Waals surface area (Å²) in [7, 11) is 0. The van der Waals surface area contributed by atoms with Crippen LogP contribution in [0.15, 0.2) is 36.4 Å². The van der Waals surface area contributed by atoms with E-state index >= 15 is 0 Å². The summed E-state index contributed by atoms with van der Waals surface area (Å²) in [5.74, 6) is -0.491. The molecule has 0 fully saturated rings. The van der Waals surface area contributed by atoms with E-state index in [0.29, 0.717) is 18.5 Å². The van der Waals surface area contributed by atoms with Crippen molar-refractivity contribution in [3.63, 3.8) is 0 Å². The Kier molecular flexibility index (Phi) is 9.95. The van der Waals surface area contributed by atoms with Crippen LogP contribution in [0.5, 0.6) is 0 Å². The number of amides is 1. The van der Waals surface area contributed by atoms with E-state index in [1.165, 1.54) is 23.5 Å². The number of carbonyl (C=O) groups excluding carboxylic acids is 1. The summed E-state index contributed by atoms with van der Waals surface area (Å²) in [5, 5.41) is 3.70. The summed E-state index contributed by atoms with van der Waals surface area (Å²) in [6.07, 6.45) is 2.31. The van der Waals surface area contributed by atoms with Crippen molar-refractivity contribution in [3.05, 3.63) is 47.8 Å². The Morgan fingerprint density at radius 1 is 1.21 bits per heavy atom. The number of nitrogens with one attached hydrogen (secondary N) is 1. The smallest absolute Gasteiger partial charge is 0.241 e. The standard InChI is InChI=1S/C20H23FN4OS.2ClH/c1-12-10-13(20-25-17-11-14(21)6-8-18(17)27-20)5-7-16(12)24-19(26)15(23)4-2-3-9-22;;/h5-8,10-11,15H,2-4,9,22-23H2,1H3,(H,24,26);2*1H. The third-order valence-electron chi connectivity index (χ3n) is 4.39. The van der Waals surface area contributed by atoms with Gasteiger partial charge in [-0.1, -0.05) is 6.42 Å². The van der Waals surface area contributed by atoms with Crippen LogP contribution in [0.1, 0.15) is 24.8 Å². The number of anilines is 1. The molecule has 1 unspecified atom stereocenters. The number of unbranched alkanes of at least 4 members (excludes halogenated alkanes) is 1. The normalized spacial score (nSPS) is 11.4. The number of benzene rings is 2. The Bertz CT molecular complexity index is 967. The van der Waals surface area contributed by atoms with Crippen LogP contribution >= 0.6 is 36.2 Å². The maximum absolute atomic E-state index is 13.4. The van der Waals surface area contributed by atoms with Gasteiger partial charge in [0.05, 0.1) is 16.3 Å². The molecular formula is C20H25Cl2FN4OS. The highest BCUT2D eigenvalue weighted by Gasteiger charge is 2.15. The molecular weight excluding hydrogens is 434 g/mol. The summed E-state index contributed by atoms with van der Waals surface area (Å²) >= 11 is 1.51. The Hall–Kier alpha value is -1.77. The number of aryl methyl sites for hydroxylation is 1. The van der Waals surface area contributed by atoms with Crippen molar-refractivity contribution in [1.82, 2.24) is 4.98 Å². The molecule has 9 heteroatoms. The highest BCUT2D eigenvalue weighted by atomic mass is 35.5. The maximum atomic E-state index is 13.4. The van der Waals surface area contributed by atoms with Crippen LogP contribution in [0, 0.1) is 12.7 Å². The molecule has 29 heavy (non-hydrogen) atoms. The van der Waals surface area contributed by atoms with Gasteiger partial charge in [0.15, 0.2) is 0 Å². The van der Waals surface area contributed by atoms with Crippen LogP contribution in [-0.2, 0) is 4.79 Å². The summed E-state index contributed by atoms with van der Waals surface area (Å²) in [6, 6.07) is 9.77. The van der Waals surface area contributed by atoms with E-state index in [0.717, 1.165) is 39.4 Å². The lowest BCUT2D eigenvalue weighted by atomic mass is 10.1. The minimum absolute atomic E-state index is 0. The third kappa shape index (κ3) is 6.35. The van der Waals surface area contributed by atoms with Crippen LogP contribution < -0.4 is 16.8 Å². The lowest BCUT2D eigenvalue weighted by Gasteiger charge is -2.14. The van der Waals surface area contributed by atoms with Gasteiger partial charge in [0, 0.05) is 17.3 Å². The number of thiazole rings is 1. The lowest BCUT2D eigenvalue weighted by Crippen LogP contribution is -2.35. The van der Waals surface area contributed by atoms with Crippen LogP contribution in [0.3, 0.4) is 0 Å². The summed E-state index contributed by atoms with van der Waals surface area (Å²) < 4.78 is 14.3. The SMILES string of the molecule is Cc1cc(-c2nc3cc(F)ccc3s2)ccc1NC(=O)C(N)CCCCN.Cl.Cl. The molecule has 3 aromatic rings. The van der Waals surface area contributed by atoms with Gasteiger partial charge >= 0.3 is 0 Å². The van der Waals surface area contributed by atoms with E-state index in [1.807, 2.05) is 25.1 Å². The first-order chi connectivity index (χ1) is 13.0. The maximum Gasteiger partial charge on any atom is 0.241 e. The summed E-state index contributed by atoms with van der Waals surface area (Å²) in [6.45, 7) is 2.53. The molecule has 0 aliphatic carbocycles. The van der Waals surface area contributed by atoms with Gasteiger partial charge < -0.3 is 16.8 Å². The van der Waals surface area contributed by atoms with Gasteiger partial charge in [0.2, 0.25) is 5.91 Å². The van der Waals surface area contributed by atoms with Gasteiger partial charge in [-0.25, -0.2) is 9.37 Å². The first kappa shape index (κ1) is 25.3. The second-order valence-electron chi connectivity index (χ2n) is 6.54. The molecule has 0 spiro atoms. The molecule has 0 aliphatic heterocycles. The van der Waals surface area contributed by atoms with E-state index in [4.69, 9.17) is 11.5 Å². The van der Waals surface area contributed by atoms with Crippen molar-refractivity contribution < 1.29 is 9.18 Å². The van der Waals surface area contributed by atoms with Gasteiger partial charge in [-0.2, -0.15) is 0 Å². The minimum Gasteiger partial charge on any atom is -0.330 e. The molecule has 0 bridgehead atoms. The molecule has 0 radical (unpaired) electrons. The molecule has 1 aromatic heterocycles. The number of halogens is 3. The quantitative estimate of drug-likeness (QED) is 0.449. The Balaban J connectivity index is 0.00000210. The molecule has 5 nitrogen and oxygen atoms in total. The highest BCUT2D eigenvalue weighted by molar-refractivity contribution is 7.21. The molecule has 2 aromatic carbocycles. The topological polar surface area (TPSA) is 94.0 Å². The Morgan fingerprint density at radius 2 is 1.97 bits per heavy atom. The van der Waals surface area contributed by atoms with Crippen molar-refractivity contribution in [3.8, 4) is 10.6 Å². The largest absolute Gasteiger partial charge is 0.330 e. The van der Waals surface area contributed by atoms with Crippen molar-refractivity contribution in [2.75, 3.05) is 11.9 Å². The molecule has 1 heterocycles. The number of nitrogens with two attached hydrogens (primary N) is 2. The first-order valence-electron chi connectivity index (χ1n) is 8.91. The fourth-order valence-corrected chi connectivity index (χ4v) is 3.77. The van der Waals surface area contributed by atoms with E-state index in [1.54, 1.807) is 6.07 Å². The second-order valence-corrected chi connectivity index (χ2v) is 7.57. The number of aromatic nitrogens is 1. The third-order valence-corrected chi connectivity index (χ3v) is 5.47. The zero-order valence-corrected chi connectivity index (χ0v) is 18.4. The average Bonchev–Trinajstić information content (AvgIpc) is 3.06. The fraction of sp³-hybridized carbons (Fsp3) is 0.300. The van der Waals surface area contributed by atoms with Crippen LogP contribution in [0.25, 0.3) is 20.8 Å². The average molecular weight is 459 g/mol. The molecule has 0 aliphatic rings. The van der Waals surface area contributed by atoms with Gasteiger partial charge in [-0.15, -0.1) is 36.2 Å². The number of hydrogen-bond donors (Lipinski definition) is 3. The van der Waals surface area contributed by atoms with Crippen molar-refractivity contribution >= 4 is 58.0 Å². The number of nitrogens with zero attached hydrogens (tertiary/aromatic N) is 1. The molecule has 1 amide bonds.